The van der Waals surface area contributed by atoms with E-state index in [0.29, 0.717) is 12.2 Å². The van der Waals surface area contributed by atoms with Gasteiger partial charge in [-0.15, -0.1) is 0 Å². The molecule has 0 saturated heterocycles. The van der Waals surface area contributed by atoms with Crippen molar-refractivity contribution in [3.8, 4) is 0 Å². The number of nitrogens with zero attached hydrogens (tertiary/aromatic N) is 3. The maximum Gasteiger partial charge on any atom is 0.411 e. The van der Waals surface area contributed by atoms with Crippen molar-refractivity contribution in [1.29, 1.82) is 0 Å². The summed E-state index contributed by atoms with van der Waals surface area (Å²) in [5.74, 6) is 0. The monoisotopic (exact) mass is 232 g/mol. The number of carbonyl (C=O) groups excluding carboxylic acids is 1. The highest BCUT2D eigenvalue weighted by Crippen LogP contribution is 2.05. The Bertz CT molecular complexity index is 456. The molecule has 0 radical (unpaired) electrons. The van der Waals surface area contributed by atoms with Crippen LogP contribution in [0, 0.1) is 0 Å². The van der Waals surface area contributed by atoms with Gasteiger partial charge in [0.1, 0.15) is 19.3 Å². The summed E-state index contributed by atoms with van der Waals surface area (Å²) in [7, 11) is 0. The van der Waals surface area contributed by atoms with Crippen molar-refractivity contribution in [2.75, 3.05) is 11.9 Å². The standard InChI is InChI=1S/C11H12N4O2/c16-11(14-10-4-2-1-3-5-10)17-7-6-15-9-12-8-13-15/h1-5,8-9H,6-7H2,(H,14,16). The highest BCUT2D eigenvalue weighted by atomic mass is 16.5. The molecule has 1 heterocycles. The summed E-state index contributed by atoms with van der Waals surface area (Å²) < 4.78 is 6.57. The van der Waals surface area contributed by atoms with E-state index in [0.717, 1.165) is 0 Å². The first-order valence-electron chi connectivity index (χ1n) is 5.16. The molecule has 17 heavy (non-hydrogen) atoms. The average Bonchev–Trinajstić information content (AvgIpc) is 2.83. The predicted octanol–water partition coefficient (Wildman–Crippen LogP) is 1.53. The van der Waals surface area contributed by atoms with Crippen molar-refractivity contribution in [2.45, 2.75) is 6.54 Å². The Morgan fingerprint density at radius 1 is 1.35 bits per heavy atom. The van der Waals surface area contributed by atoms with Crippen molar-refractivity contribution >= 4 is 11.8 Å². The van der Waals surface area contributed by atoms with Gasteiger partial charge in [0.2, 0.25) is 0 Å². The first kappa shape index (κ1) is 11.1. The summed E-state index contributed by atoms with van der Waals surface area (Å²) in [6.45, 7) is 0.740. The zero-order valence-electron chi connectivity index (χ0n) is 9.11. The Kier molecular flexibility index (Phi) is 3.69. The summed E-state index contributed by atoms with van der Waals surface area (Å²) >= 11 is 0. The molecule has 0 saturated carbocycles. The number of hydrogen-bond acceptors (Lipinski definition) is 4. The second kappa shape index (κ2) is 5.64. The molecule has 6 nitrogen and oxygen atoms in total. The fraction of sp³-hybridized carbons (Fsp3) is 0.182. The second-order valence-corrected chi connectivity index (χ2v) is 3.29. The van der Waals surface area contributed by atoms with Crippen molar-refractivity contribution < 1.29 is 9.53 Å². The molecule has 0 aliphatic carbocycles. The minimum Gasteiger partial charge on any atom is -0.447 e. The lowest BCUT2D eigenvalue weighted by Crippen LogP contribution is -2.17. The summed E-state index contributed by atoms with van der Waals surface area (Å²) in [5, 5.41) is 6.51. The summed E-state index contributed by atoms with van der Waals surface area (Å²) in [4.78, 5) is 15.1. The molecule has 0 spiro atoms. The van der Waals surface area contributed by atoms with Crippen molar-refractivity contribution in [1.82, 2.24) is 14.8 Å². The summed E-state index contributed by atoms with van der Waals surface area (Å²) in [6, 6.07) is 9.13. The molecule has 0 aliphatic heterocycles. The number of carbonyl (C=O) groups is 1. The Morgan fingerprint density at radius 2 is 2.18 bits per heavy atom. The molecule has 0 aliphatic rings. The van der Waals surface area contributed by atoms with Gasteiger partial charge in [0, 0.05) is 5.69 Å². The first-order valence-corrected chi connectivity index (χ1v) is 5.16. The van der Waals surface area contributed by atoms with Gasteiger partial charge in [-0.1, -0.05) is 18.2 Å². The third kappa shape index (κ3) is 3.60. The van der Waals surface area contributed by atoms with E-state index in [1.165, 1.54) is 6.33 Å². The number of nitrogens with one attached hydrogen (secondary N) is 1. The molecule has 0 atom stereocenters. The predicted molar refractivity (Wildman–Crippen MR) is 61.4 cm³/mol. The van der Waals surface area contributed by atoms with Gasteiger partial charge in [0.15, 0.2) is 0 Å². The average molecular weight is 232 g/mol. The van der Waals surface area contributed by atoms with E-state index in [1.54, 1.807) is 23.1 Å². The van der Waals surface area contributed by atoms with E-state index in [1.807, 2.05) is 18.2 Å². The highest BCUT2D eigenvalue weighted by molar-refractivity contribution is 5.84. The largest absolute Gasteiger partial charge is 0.447 e. The molecule has 88 valence electrons. The Hall–Kier alpha value is -2.37. The van der Waals surface area contributed by atoms with Crippen molar-refractivity contribution in [3.63, 3.8) is 0 Å². The van der Waals surface area contributed by atoms with Gasteiger partial charge < -0.3 is 4.74 Å². The summed E-state index contributed by atoms with van der Waals surface area (Å²) in [5.41, 5.74) is 0.707. The number of amides is 1. The van der Waals surface area contributed by atoms with Crippen molar-refractivity contribution in [2.24, 2.45) is 0 Å². The quantitative estimate of drug-likeness (QED) is 0.867. The van der Waals surface area contributed by atoms with E-state index < -0.39 is 6.09 Å². The SMILES string of the molecule is O=C(Nc1ccccc1)OCCn1cncn1. The van der Waals surface area contributed by atoms with Crippen LogP contribution in [0.1, 0.15) is 0 Å². The lowest BCUT2D eigenvalue weighted by molar-refractivity contribution is 0.155. The van der Waals surface area contributed by atoms with Gasteiger partial charge in [0.05, 0.1) is 6.54 Å². The van der Waals surface area contributed by atoms with Crippen LogP contribution in [0.3, 0.4) is 0 Å². The zero-order chi connectivity index (χ0) is 11.9. The van der Waals surface area contributed by atoms with Crippen LogP contribution in [0.4, 0.5) is 10.5 Å². The van der Waals surface area contributed by atoms with E-state index in [2.05, 4.69) is 15.4 Å². The molecule has 0 fully saturated rings. The van der Waals surface area contributed by atoms with Gasteiger partial charge in [-0.3, -0.25) is 5.32 Å². The minimum absolute atomic E-state index is 0.252. The molecule has 2 rings (SSSR count). The third-order valence-corrected chi connectivity index (χ3v) is 2.04. The molecular weight excluding hydrogens is 220 g/mol. The Labute approximate surface area is 98.2 Å². The topological polar surface area (TPSA) is 69.0 Å². The first-order chi connectivity index (χ1) is 8.34. The number of hydrogen-bond donors (Lipinski definition) is 1. The molecule has 1 amide bonds. The Balaban J connectivity index is 1.71. The second-order valence-electron chi connectivity index (χ2n) is 3.29. The van der Waals surface area contributed by atoms with Crippen LogP contribution >= 0.6 is 0 Å². The molecule has 0 bridgehead atoms. The number of rotatable bonds is 4. The Morgan fingerprint density at radius 3 is 2.88 bits per heavy atom. The fourth-order valence-corrected chi connectivity index (χ4v) is 1.26. The van der Waals surface area contributed by atoms with Crippen LogP contribution in [0.2, 0.25) is 0 Å². The van der Waals surface area contributed by atoms with Crippen LogP contribution in [0.25, 0.3) is 0 Å². The molecule has 2 aromatic rings. The fourth-order valence-electron chi connectivity index (χ4n) is 1.26. The van der Waals surface area contributed by atoms with Crippen LogP contribution in [-0.2, 0) is 11.3 Å². The zero-order valence-corrected chi connectivity index (χ0v) is 9.11. The number of ether oxygens (including phenoxy) is 1. The molecule has 0 unspecified atom stereocenters. The maximum atomic E-state index is 11.4. The normalized spacial score (nSPS) is 9.88. The molecule has 1 aromatic heterocycles. The van der Waals surface area contributed by atoms with E-state index >= 15 is 0 Å². The van der Waals surface area contributed by atoms with Gasteiger partial charge in [-0.05, 0) is 12.1 Å². The lowest BCUT2D eigenvalue weighted by Gasteiger charge is -2.06. The van der Waals surface area contributed by atoms with Crippen LogP contribution < -0.4 is 5.32 Å². The van der Waals surface area contributed by atoms with Gasteiger partial charge >= 0.3 is 6.09 Å². The van der Waals surface area contributed by atoms with Gasteiger partial charge in [-0.25, -0.2) is 14.5 Å². The third-order valence-electron chi connectivity index (χ3n) is 2.04. The van der Waals surface area contributed by atoms with E-state index in [-0.39, 0.29) is 6.61 Å². The van der Waals surface area contributed by atoms with Crippen LogP contribution in [-0.4, -0.2) is 27.5 Å². The molecule has 6 heteroatoms. The number of aromatic nitrogens is 3. The molecule has 1 N–H and O–H groups in total. The molecular formula is C11H12N4O2. The molecule has 1 aromatic carbocycles. The minimum atomic E-state index is -0.476. The highest BCUT2D eigenvalue weighted by Gasteiger charge is 2.02. The van der Waals surface area contributed by atoms with Crippen molar-refractivity contribution in [3.05, 3.63) is 43.0 Å². The van der Waals surface area contributed by atoms with Crippen LogP contribution in [0.5, 0.6) is 0 Å². The van der Waals surface area contributed by atoms with Gasteiger partial charge in [0.25, 0.3) is 0 Å². The number of para-hydroxylation sites is 1. The van der Waals surface area contributed by atoms with E-state index in [9.17, 15) is 4.79 Å². The number of benzene rings is 1. The lowest BCUT2D eigenvalue weighted by atomic mass is 10.3. The summed E-state index contributed by atoms with van der Waals surface area (Å²) in [6.07, 6.45) is 2.53. The van der Waals surface area contributed by atoms with E-state index in [4.69, 9.17) is 4.74 Å². The maximum absolute atomic E-state index is 11.4. The van der Waals surface area contributed by atoms with Gasteiger partial charge in [-0.2, -0.15) is 5.10 Å². The number of anilines is 1. The van der Waals surface area contributed by atoms with Crippen LogP contribution in [0.15, 0.2) is 43.0 Å². The smallest absolute Gasteiger partial charge is 0.411 e.